The predicted octanol–water partition coefficient (Wildman–Crippen LogP) is 4.24. The molecule has 0 nitrogen and oxygen atoms in total. The molecule has 2 atom stereocenters. The smallest absolute Gasteiger partial charge is 0.0605 e. The van der Waals surface area contributed by atoms with Gasteiger partial charge in [-0.3, -0.25) is 0 Å². The van der Waals surface area contributed by atoms with Crippen molar-refractivity contribution in [3.63, 3.8) is 0 Å². The first-order chi connectivity index (χ1) is 4.24. The molecule has 0 saturated carbocycles. The Balaban J connectivity index is 0. The molecule has 1 fully saturated rings. The van der Waals surface area contributed by atoms with E-state index in [1.54, 1.807) is 0 Å². The highest BCUT2D eigenvalue weighted by Crippen LogP contribution is 2.43. The van der Waals surface area contributed by atoms with E-state index in [2.05, 4.69) is 53.3 Å². The molecule has 0 spiro atoms. The van der Waals surface area contributed by atoms with E-state index in [4.69, 9.17) is 0 Å². The number of rotatable bonds is 1. The summed E-state index contributed by atoms with van der Waals surface area (Å²) in [7, 11) is 0. The van der Waals surface area contributed by atoms with Crippen molar-refractivity contribution in [2.24, 2.45) is 0 Å². The Morgan fingerprint density at radius 3 is 1.64 bits per heavy atom. The number of thioether (sulfide) groups is 2. The third kappa shape index (κ3) is 4.09. The lowest BCUT2D eigenvalue weighted by atomic mass is 10.4. The van der Waals surface area contributed by atoms with Gasteiger partial charge in [0.25, 0.3) is 0 Å². The molecule has 1 aliphatic rings. The third-order valence-electron chi connectivity index (χ3n) is 1.52. The Kier molecular flexibility index (Phi) is 8.91. The molecule has 0 amide bonds. The lowest BCUT2D eigenvalue weighted by Crippen LogP contribution is -2.04. The summed E-state index contributed by atoms with van der Waals surface area (Å²) >= 11 is 7.67. The van der Waals surface area contributed by atoms with Gasteiger partial charge in [0.15, 0.2) is 0 Å². The molecule has 0 aromatic rings. The SMILES string of the molecule is C.C.CC1SC(CBr)SC1C. The second-order valence-electron chi connectivity index (χ2n) is 2.27. The van der Waals surface area contributed by atoms with Crippen molar-refractivity contribution in [2.75, 3.05) is 5.33 Å². The fraction of sp³-hybridized carbons (Fsp3) is 1.00. The molecule has 0 bridgehead atoms. The predicted molar refractivity (Wildman–Crippen MR) is 65.2 cm³/mol. The Labute approximate surface area is 88.4 Å². The first kappa shape index (κ1) is 14.7. The van der Waals surface area contributed by atoms with Crippen molar-refractivity contribution in [1.29, 1.82) is 0 Å². The lowest BCUT2D eigenvalue weighted by Gasteiger charge is -2.02. The van der Waals surface area contributed by atoms with Crippen molar-refractivity contribution < 1.29 is 0 Å². The van der Waals surface area contributed by atoms with E-state index in [-0.39, 0.29) is 14.9 Å². The first-order valence-corrected chi connectivity index (χ1v) is 6.11. The van der Waals surface area contributed by atoms with Gasteiger partial charge < -0.3 is 0 Å². The summed E-state index contributed by atoms with van der Waals surface area (Å²) < 4.78 is 0.801. The molecule has 2 unspecified atom stereocenters. The second kappa shape index (κ2) is 6.67. The number of halogens is 1. The molecule has 1 aliphatic heterocycles. The van der Waals surface area contributed by atoms with Crippen molar-refractivity contribution >= 4 is 39.5 Å². The van der Waals surface area contributed by atoms with E-state index in [0.29, 0.717) is 0 Å². The van der Waals surface area contributed by atoms with Gasteiger partial charge in [-0.05, 0) is 0 Å². The van der Waals surface area contributed by atoms with E-state index in [9.17, 15) is 0 Å². The molecule has 0 N–H and O–H groups in total. The monoisotopic (exact) mass is 258 g/mol. The third-order valence-corrected chi connectivity index (χ3v) is 6.48. The van der Waals surface area contributed by atoms with Crippen molar-refractivity contribution in [3.05, 3.63) is 0 Å². The summed E-state index contributed by atoms with van der Waals surface area (Å²) in [5, 5.41) is 2.83. The Morgan fingerprint density at radius 2 is 1.45 bits per heavy atom. The summed E-state index contributed by atoms with van der Waals surface area (Å²) in [6.45, 7) is 4.62. The van der Waals surface area contributed by atoms with Crippen LogP contribution in [0.1, 0.15) is 28.7 Å². The summed E-state index contributed by atoms with van der Waals surface area (Å²) in [5.41, 5.74) is 0. The van der Waals surface area contributed by atoms with Crippen molar-refractivity contribution in [3.8, 4) is 0 Å². The van der Waals surface area contributed by atoms with Gasteiger partial charge in [-0.1, -0.05) is 44.6 Å². The zero-order valence-corrected chi connectivity index (χ0v) is 8.85. The van der Waals surface area contributed by atoms with Gasteiger partial charge in [-0.15, -0.1) is 23.5 Å². The fourth-order valence-electron chi connectivity index (χ4n) is 0.805. The lowest BCUT2D eigenvalue weighted by molar-refractivity contribution is 0.941. The van der Waals surface area contributed by atoms with E-state index in [0.717, 1.165) is 20.4 Å². The molecule has 1 rings (SSSR count). The molecular formula is C8H19BrS2. The summed E-state index contributed by atoms with van der Waals surface area (Å²) in [6, 6.07) is 0. The van der Waals surface area contributed by atoms with E-state index in [1.165, 1.54) is 0 Å². The van der Waals surface area contributed by atoms with Crippen LogP contribution in [0.2, 0.25) is 0 Å². The van der Waals surface area contributed by atoms with Crippen molar-refractivity contribution in [2.45, 2.75) is 43.8 Å². The normalized spacial score (nSPS) is 35.7. The molecule has 0 radical (unpaired) electrons. The van der Waals surface area contributed by atoms with Crippen LogP contribution in [0.3, 0.4) is 0 Å². The summed E-state index contributed by atoms with van der Waals surface area (Å²) in [5.74, 6) is 0. The van der Waals surface area contributed by atoms with Crippen LogP contribution in [0.25, 0.3) is 0 Å². The quantitative estimate of drug-likeness (QED) is 0.646. The Morgan fingerprint density at radius 1 is 1.09 bits per heavy atom. The fourth-order valence-corrected chi connectivity index (χ4v) is 4.96. The van der Waals surface area contributed by atoms with Gasteiger partial charge in [0, 0.05) is 15.8 Å². The van der Waals surface area contributed by atoms with E-state index < -0.39 is 0 Å². The van der Waals surface area contributed by atoms with Crippen LogP contribution >= 0.6 is 39.5 Å². The first-order valence-electron chi connectivity index (χ1n) is 3.11. The standard InChI is InChI=1S/C6H11BrS2.2CH4/c1-4-5(2)9-6(3-7)8-4;;/h4-6H,3H2,1-2H3;2*1H4. The maximum Gasteiger partial charge on any atom is 0.0605 e. The number of hydrogen-bond acceptors (Lipinski definition) is 2. The highest BCUT2D eigenvalue weighted by Gasteiger charge is 2.28. The molecule has 0 aromatic carbocycles. The minimum absolute atomic E-state index is 0. The molecule has 1 heterocycles. The van der Waals surface area contributed by atoms with Crippen LogP contribution in [0.5, 0.6) is 0 Å². The zero-order chi connectivity index (χ0) is 6.85. The van der Waals surface area contributed by atoms with Crippen LogP contribution in [-0.2, 0) is 0 Å². The summed E-state index contributed by atoms with van der Waals surface area (Å²) in [4.78, 5) is 0. The Hall–Kier alpha value is 1.18. The van der Waals surface area contributed by atoms with Gasteiger partial charge in [-0.2, -0.15) is 0 Å². The van der Waals surface area contributed by atoms with Gasteiger partial charge >= 0.3 is 0 Å². The zero-order valence-electron chi connectivity index (χ0n) is 5.63. The van der Waals surface area contributed by atoms with Crippen LogP contribution in [-0.4, -0.2) is 20.4 Å². The number of hydrogen-bond donors (Lipinski definition) is 0. The molecular weight excluding hydrogens is 240 g/mol. The maximum atomic E-state index is 3.49. The number of alkyl halides is 1. The van der Waals surface area contributed by atoms with Crippen LogP contribution in [0.4, 0.5) is 0 Å². The Bertz CT molecular complexity index is 88.1. The maximum absolute atomic E-state index is 3.49. The average molecular weight is 259 g/mol. The topological polar surface area (TPSA) is 0 Å². The molecule has 70 valence electrons. The van der Waals surface area contributed by atoms with E-state index in [1.807, 2.05) is 0 Å². The summed E-state index contributed by atoms with van der Waals surface area (Å²) in [6.07, 6.45) is 0. The van der Waals surface area contributed by atoms with E-state index >= 15 is 0 Å². The molecule has 11 heavy (non-hydrogen) atoms. The minimum atomic E-state index is 0. The van der Waals surface area contributed by atoms with Crippen LogP contribution in [0, 0.1) is 0 Å². The molecule has 0 aliphatic carbocycles. The van der Waals surface area contributed by atoms with Gasteiger partial charge in [-0.25, -0.2) is 0 Å². The largest absolute Gasteiger partial charge is 0.142 e. The van der Waals surface area contributed by atoms with Crippen LogP contribution in [0.15, 0.2) is 0 Å². The molecule has 1 saturated heterocycles. The highest BCUT2D eigenvalue weighted by atomic mass is 79.9. The minimum Gasteiger partial charge on any atom is -0.142 e. The molecule has 0 aromatic heterocycles. The van der Waals surface area contributed by atoms with Crippen molar-refractivity contribution in [1.82, 2.24) is 0 Å². The molecule has 3 heteroatoms. The van der Waals surface area contributed by atoms with Gasteiger partial charge in [0.1, 0.15) is 0 Å². The van der Waals surface area contributed by atoms with Gasteiger partial charge in [0.2, 0.25) is 0 Å². The second-order valence-corrected chi connectivity index (χ2v) is 6.38. The van der Waals surface area contributed by atoms with Gasteiger partial charge in [0.05, 0.1) is 4.58 Å². The highest BCUT2D eigenvalue weighted by molar-refractivity contribution is 9.09. The average Bonchev–Trinajstić information content (AvgIpc) is 2.13. The van der Waals surface area contributed by atoms with Crippen LogP contribution < -0.4 is 0 Å².